The molecule has 17 heavy (non-hydrogen) atoms. The van der Waals surface area contributed by atoms with Gasteiger partial charge in [0.05, 0.1) is 17.3 Å². The third-order valence-electron chi connectivity index (χ3n) is 2.24. The topological polar surface area (TPSA) is 42.7 Å². The lowest BCUT2D eigenvalue weighted by molar-refractivity contribution is 0.585. The molecule has 0 aliphatic rings. The Kier molecular flexibility index (Phi) is 3.23. The minimum absolute atomic E-state index is 0.00957. The highest BCUT2D eigenvalue weighted by Crippen LogP contribution is 2.26. The van der Waals surface area contributed by atoms with Crippen molar-refractivity contribution in [2.45, 2.75) is 6.54 Å². The van der Waals surface area contributed by atoms with Crippen molar-refractivity contribution < 1.29 is 8.78 Å². The predicted octanol–water partition coefficient (Wildman–Crippen LogP) is 2.36. The Balaban J connectivity index is 2.17. The van der Waals surface area contributed by atoms with Crippen molar-refractivity contribution in [3.8, 4) is 0 Å². The number of hydrogen-bond acceptors (Lipinski definition) is 3. The summed E-state index contributed by atoms with van der Waals surface area (Å²) in [5.74, 6) is -0.835. The summed E-state index contributed by atoms with van der Waals surface area (Å²) in [6.45, 7) is 0.249. The molecule has 1 N–H and O–H groups in total. The minimum atomic E-state index is -0.739. The van der Waals surface area contributed by atoms with E-state index in [0.29, 0.717) is 5.82 Å². The van der Waals surface area contributed by atoms with Crippen LogP contribution in [0.2, 0.25) is 5.02 Å². The first-order valence-corrected chi connectivity index (χ1v) is 5.17. The molecule has 1 aromatic carbocycles. The zero-order chi connectivity index (χ0) is 12.4. The van der Waals surface area contributed by atoms with Gasteiger partial charge in [-0.25, -0.2) is 8.78 Å². The zero-order valence-corrected chi connectivity index (χ0v) is 9.67. The number of aryl methyl sites for hydroxylation is 1. The van der Waals surface area contributed by atoms with E-state index in [1.165, 1.54) is 6.33 Å². The fourth-order valence-electron chi connectivity index (χ4n) is 1.35. The van der Waals surface area contributed by atoms with E-state index in [2.05, 4.69) is 15.5 Å². The molecule has 90 valence electrons. The molecule has 0 saturated heterocycles. The highest BCUT2D eigenvalue weighted by atomic mass is 35.5. The number of aromatic nitrogens is 3. The molecule has 0 bridgehead atoms. The molecule has 0 spiro atoms. The Labute approximate surface area is 101 Å². The predicted molar refractivity (Wildman–Crippen MR) is 59.7 cm³/mol. The van der Waals surface area contributed by atoms with Crippen molar-refractivity contribution in [3.63, 3.8) is 0 Å². The zero-order valence-electron chi connectivity index (χ0n) is 8.91. The Morgan fingerprint density at radius 3 is 2.76 bits per heavy atom. The standard InChI is InChI=1S/C10H9ClF2N4/c1-17-5-15-16-9(17)4-14-10-7(11)2-6(12)3-8(10)13/h2-3,5,14H,4H2,1H3. The maximum atomic E-state index is 13.4. The number of hydrogen-bond donors (Lipinski definition) is 1. The third kappa shape index (κ3) is 2.52. The van der Waals surface area contributed by atoms with E-state index in [-0.39, 0.29) is 17.3 Å². The van der Waals surface area contributed by atoms with Gasteiger partial charge in [0.15, 0.2) is 11.6 Å². The van der Waals surface area contributed by atoms with Gasteiger partial charge < -0.3 is 9.88 Å². The Morgan fingerprint density at radius 2 is 2.18 bits per heavy atom. The van der Waals surface area contributed by atoms with E-state index in [9.17, 15) is 8.78 Å². The fourth-order valence-corrected chi connectivity index (χ4v) is 1.61. The van der Waals surface area contributed by atoms with Gasteiger partial charge in [-0.05, 0) is 6.07 Å². The quantitative estimate of drug-likeness (QED) is 0.919. The van der Waals surface area contributed by atoms with Gasteiger partial charge in [-0.3, -0.25) is 0 Å². The van der Waals surface area contributed by atoms with Crippen LogP contribution in [0.25, 0.3) is 0 Å². The van der Waals surface area contributed by atoms with Gasteiger partial charge in [0, 0.05) is 13.1 Å². The Morgan fingerprint density at radius 1 is 1.41 bits per heavy atom. The number of nitrogens with zero attached hydrogens (tertiary/aromatic N) is 3. The Hall–Kier alpha value is -1.69. The van der Waals surface area contributed by atoms with Crippen molar-refractivity contribution in [3.05, 3.63) is 40.9 Å². The van der Waals surface area contributed by atoms with Gasteiger partial charge in [0.25, 0.3) is 0 Å². The molecule has 0 amide bonds. The summed E-state index contributed by atoms with van der Waals surface area (Å²) < 4.78 is 27.9. The molecule has 0 unspecified atom stereocenters. The summed E-state index contributed by atoms with van der Waals surface area (Å²) in [5.41, 5.74) is 0.0519. The highest BCUT2D eigenvalue weighted by molar-refractivity contribution is 6.33. The van der Waals surface area contributed by atoms with Crippen LogP contribution in [0.1, 0.15) is 5.82 Å². The molecular weight excluding hydrogens is 250 g/mol. The minimum Gasteiger partial charge on any atom is -0.374 e. The van der Waals surface area contributed by atoms with E-state index < -0.39 is 11.6 Å². The van der Waals surface area contributed by atoms with Crippen LogP contribution in [-0.4, -0.2) is 14.8 Å². The summed E-state index contributed by atoms with van der Waals surface area (Å²) in [4.78, 5) is 0. The molecule has 2 rings (SSSR count). The van der Waals surface area contributed by atoms with Crippen molar-refractivity contribution in [1.29, 1.82) is 0 Å². The van der Waals surface area contributed by atoms with Gasteiger partial charge in [-0.1, -0.05) is 11.6 Å². The first-order chi connectivity index (χ1) is 8.08. The molecule has 0 fully saturated rings. The van der Waals surface area contributed by atoms with Crippen LogP contribution in [0.15, 0.2) is 18.5 Å². The van der Waals surface area contributed by atoms with Gasteiger partial charge >= 0.3 is 0 Å². The van der Waals surface area contributed by atoms with Gasteiger partial charge in [0.2, 0.25) is 0 Å². The number of nitrogens with one attached hydrogen (secondary N) is 1. The molecule has 0 saturated carbocycles. The van der Waals surface area contributed by atoms with Crippen LogP contribution in [0.3, 0.4) is 0 Å². The molecule has 1 heterocycles. The van der Waals surface area contributed by atoms with Crippen molar-refractivity contribution in [2.24, 2.45) is 7.05 Å². The van der Waals surface area contributed by atoms with Crippen molar-refractivity contribution in [2.75, 3.05) is 5.32 Å². The first-order valence-electron chi connectivity index (χ1n) is 4.79. The molecule has 4 nitrogen and oxygen atoms in total. The van der Waals surface area contributed by atoms with Crippen LogP contribution in [0, 0.1) is 11.6 Å². The summed E-state index contributed by atoms with van der Waals surface area (Å²) >= 11 is 5.73. The van der Waals surface area contributed by atoms with Crippen molar-refractivity contribution >= 4 is 17.3 Å². The molecule has 0 aliphatic carbocycles. The summed E-state index contributed by atoms with van der Waals surface area (Å²) in [5, 5.41) is 10.2. The van der Waals surface area contributed by atoms with Gasteiger partial charge in [-0.15, -0.1) is 10.2 Å². The molecule has 0 atom stereocenters. The van der Waals surface area contributed by atoms with E-state index in [1.807, 2.05) is 0 Å². The van der Waals surface area contributed by atoms with E-state index in [0.717, 1.165) is 12.1 Å². The van der Waals surface area contributed by atoms with Crippen molar-refractivity contribution in [1.82, 2.24) is 14.8 Å². The fraction of sp³-hybridized carbons (Fsp3) is 0.200. The molecule has 0 aliphatic heterocycles. The van der Waals surface area contributed by atoms with E-state index >= 15 is 0 Å². The largest absolute Gasteiger partial charge is 0.374 e. The molecule has 2 aromatic rings. The van der Waals surface area contributed by atoms with Crippen LogP contribution in [0.5, 0.6) is 0 Å². The maximum Gasteiger partial charge on any atom is 0.151 e. The summed E-state index contributed by atoms with van der Waals surface area (Å²) in [7, 11) is 1.76. The lowest BCUT2D eigenvalue weighted by Gasteiger charge is -2.09. The average Bonchev–Trinajstić information content (AvgIpc) is 2.62. The summed E-state index contributed by atoms with van der Waals surface area (Å²) in [6, 6.07) is 1.81. The number of halogens is 3. The Bertz CT molecular complexity index is 518. The van der Waals surface area contributed by atoms with E-state index in [4.69, 9.17) is 11.6 Å². The molecule has 0 radical (unpaired) electrons. The average molecular weight is 259 g/mol. The number of benzene rings is 1. The normalized spacial score (nSPS) is 10.6. The van der Waals surface area contributed by atoms with E-state index in [1.54, 1.807) is 11.6 Å². The van der Waals surface area contributed by atoms with Crippen LogP contribution in [0.4, 0.5) is 14.5 Å². The first kappa shape index (κ1) is 11.8. The van der Waals surface area contributed by atoms with Crippen LogP contribution in [-0.2, 0) is 13.6 Å². The smallest absolute Gasteiger partial charge is 0.151 e. The number of anilines is 1. The second-order valence-corrected chi connectivity index (χ2v) is 3.86. The van der Waals surface area contributed by atoms with Gasteiger partial charge in [0.1, 0.15) is 12.1 Å². The number of rotatable bonds is 3. The molecular formula is C10H9ClF2N4. The maximum absolute atomic E-state index is 13.4. The second-order valence-electron chi connectivity index (χ2n) is 3.46. The summed E-state index contributed by atoms with van der Waals surface area (Å²) in [6.07, 6.45) is 1.53. The monoisotopic (exact) mass is 258 g/mol. The lowest BCUT2D eigenvalue weighted by atomic mass is 10.3. The third-order valence-corrected chi connectivity index (χ3v) is 2.53. The highest BCUT2D eigenvalue weighted by Gasteiger charge is 2.10. The molecule has 1 aromatic heterocycles. The van der Waals surface area contributed by atoms with Crippen LogP contribution >= 0.6 is 11.6 Å². The van der Waals surface area contributed by atoms with Gasteiger partial charge in [-0.2, -0.15) is 0 Å². The van der Waals surface area contributed by atoms with Crippen LogP contribution < -0.4 is 5.32 Å². The lowest BCUT2D eigenvalue weighted by Crippen LogP contribution is -2.07. The second kappa shape index (κ2) is 4.67. The SMILES string of the molecule is Cn1cnnc1CNc1c(F)cc(F)cc1Cl. The molecule has 7 heteroatoms.